The van der Waals surface area contributed by atoms with E-state index in [-0.39, 0.29) is 30.9 Å². The van der Waals surface area contributed by atoms with Crippen LogP contribution in [0.25, 0.3) is 0 Å². The molecule has 1 N–H and O–H groups in total. The Kier molecular flexibility index (Phi) is 6.09. The first-order chi connectivity index (χ1) is 13.5. The van der Waals surface area contributed by atoms with Crippen molar-refractivity contribution in [2.75, 3.05) is 13.2 Å². The van der Waals surface area contributed by atoms with Crippen LogP contribution in [0.2, 0.25) is 0 Å². The Labute approximate surface area is 163 Å². The van der Waals surface area contributed by atoms with Crippen LogP contribution in [0, 0.1) is 5.92 Å². The molecular formula is C22H23NO5. The summed E-state index contributed by atoms with van der Waals surface area (Å²) in [7, 11) is 0. The zero-order chi connectivity index (χ0) is 20.1. The second kappa shape index (κ2) is 8.69. The molecule has 2 unspecified atom stereocenters. The standard InChI is InChI=1S/C22H23NO5/c1-15-7-8-18(22(26)27)13-23(15)20(24)14-28-19-11-9-17(10-12-19)21(25)16-5-3-2-4-6-16/h2-6,9-12,15,18H,7-8,13-14H2,1H3,(H,26,27). The fraction of sp³-hybridized carbons (Fsp3) is 0.318. The molecule has 3 rings (SSSR count). The van der Waals surface area contributed by atoms with Gasteiger partial charge in [0.15, 0.2) is 12.4 Å². The molecule has 1 aliphatic rings. The quantitative estimate of drug-likeness (QED) is 0.778. The minimum Gasteiger partial charge on any atom is -0.484 e. The lowest BCUT2D eigenvalue weighted by Crippen LogP contribution is -2.49. The highest BCUT2D eigenvalue weighted by atomic mass is 16.5. The molecule has 28 heavy (non-hydrogen) atoms. The van der Waals surface area contributed by atoms with E-state index in [0.29, 0.717) is 29.7 Å². The summed E-state index contributed by atoms with van der Waals surface area (Å²) in [5.74, 6) is -1.22. The Balaban J connectivity index is 1.58. The van der Waals surface area contributed by atoms with Crippen molar-refractivity contribution in [2.45, 2.75) is 25.8 Å². The third kappa shape index (κ3) is 4.57. The summed E-state index contributed by atoms with van der Waals surface area (Å²) in [5.41, 5.74) is 1.15. The van der Waals surface area contributed by atoms with Crippen LogP contribution in [-0.2, 0) is 9.59 Å². The van der Waals surface area contributed by atoms with Crippen LogP contribution in [0.15, 0.2) is 54.6 Å². The van der Waals surface area contributed by atoms with Crippen LogP contribution in [0.4, 0.5) is 0 Å². The highest BCUT2D eigenvalue weighted by Gasteiger charge is 2.32. The highest BCUT2D eigenvalue weighted by Crippen LogP contribution is 2.22. The molecule has 146 valence electrons. The Morgan fingerprint density at radius 3 is 2.29 bits per heavy atom. The minimum atomic E-state index is -0.871. The van der Waals surface area contributed by atoms with Gasteiger partial charge in [-0.1, -0.05) is 30.3 Å². The number of ether oxygens (including phenoxy) is 1. The molecule has 0 aliphatic carbocycles. The van der Waals surface area contributed by atoms with Crippen LogP contribution < -0.4 is 4.74 Å². The number of carbonyl (C=O) groups is 3. The van der Waals surface area contributed by atoms with Crippen LogP contribution in [0.5, 0.6) is 5.75 Å². The van der Waals surface area contributed by atoms with Gasteiger partial charge < -0.3 is 14.7 Å². The average Bonchev–Trinajstić information content (AvgIpc) is 2.72. The zero-order valence-electron chi connectivity index (χ0n) is 15.7. The summed E-state index contributed by atoms with van der Waals surface area (Å²) in [6, 6.07) is 15.6. The van der Waals surface area contributed by atoms with Crippen molar-refractivity contribution in [3.05, 3.63) is 65.7 Å². The maximum Gasteiger partial charge on any atom is 0.308 e. The molecule has 0 radical (unpaired) electrons. The van der Waals surface area contributed by atoms with Crippen molar-refractivity contribution in [1.82, 2.24) is 4.90 Å². The van der Waals surface area contributed by atoms with Gasteiger partial charge in [-0.3, -0.25) is 14.4 Å². The number of nitrogens with zero attached hydrogens (tertiary/aromatic N) is 1. The summed E-state index contributed by atoms with van der Waals surface area (Å²) in [6.45, 7) is 1.96. The van der Waals surface area contributed by atoms with Gasteiger partial charge in [-0.25, -0.2) is 0 Å². The summed E-state index contributed by atoms with van der Waals surface area (Å²) >= 11 is 0. The van der Waals surface area contributed by atoms with Crippen molar-refractivity contribution in [1.29, 1.82) is 0 Å². The molecule has 0 aromatic heterocycles. The first-order valence-electron chi connectivity index (χ1n) is 9.30. The molecule has 1 amide bonds. The van der Waals surface area contributed by atoms with E-state index in [1.165, 1.54) is 0 Å². The van der Waals surface area contributed by atoms with Crippen LogP contribution in [-0.4, -0.2) is 46.9 Å². The molecule has 2 aromatic carbocycles. The maximum atomic E-state index is 12.5. The lowest BCUT2D eigenvalue weighted by atomic mass is 9.93. The molecule has 0 spiro atoms. The van der Waals surface area contributed by atoms with E-state index in [1.54, 1.807) is 41.3 Å². The Hall–Kier alpha value is -3.15. The zero-order valence-corrected chi connectivity index (χ0v) is 15.7. The first-order valence-corrected chi connectivity index (χ1v) is 9.30. The largest absolute Gasteiger partial charge is 0.484 e. The predicted molar refractivity (Wildman–Crippen MR) is 103 cm³/mol. The molecule has 2 aromatic rings. The number of hydrogen-bond acceptors (Lipinski definition) is 4. The van der Waals surface area contributed by atoms with Crippen molar-refractivity contribution in [3.8, 4) is 5.75 Å². The average molecular weight is 381 g/mol. The number of benzene rings is 2. The maximum absolute atomic E-state index is 12.5. The summed E-state index contributed by atoms with van der Waals surface area (Å²) < 4.78 is 5.56. The molecule has 1 heterocycles. The SMILES string of the molecule is CC1CCC(C(=O)O)CN1C(=O)COc1ccc(C(=O)c2ccccc2)cc1. The van der Waals surface area contributed by atoms with E-state index in [0.717, 1.165) is 0 Å². The molecule has 1 saturated heterocycles. The predicted octanol–water partition coefficient (Wildman–Crippen LogP) is 3.01. The number of likely N-dealkylation sites (tertiary alicyclic amines) is 1. The molecule has 1 aliphatic heterocycles. The number of ketones is 1. The first kappa shape index (κ1) is 19.6. The van der Waals surface area contributed by atoms with Crippen LogP contribution in [0.1, 0.15) is 35.7 Å². The molecular weight excluding hydrogens is 358 g/mol. The van der Waals surface area contributed by atoms with Gasteiger partial charge in [0.25, 0.3) is 5.91 Å². The second-order valence-corrected chi connectivity index (χ2v) is 7.02. The molecule has 6 nitrogen and oxygen atoms in total. The number of aliphatic carboxylic acids is 1. The van der Waals surface area contributed by atoms with Gasteiger partial charge in [-0.2, -0.15) is 0 Å². The number of rotatable bonds is 6. The van der Waals surface area contributed by atoms with Crippen LogP contribution >= 0.6 is 0 Å². The number of hydrogen-bond donors (Lipinski definition) is 1. The molecule has 6 heteroatoms. The van der Waals surface area contributed by atoms with Gasteiger partial charge in [0.1, 0.15) is 5.75 Å². The van der Waals surface area contributed by atoms with Crippen molar-refractivity contribution >= 4 is 17.7 Å². The van der Waals surface area contributed by atoms with E-state index in [9.17, 15) is 19.5 Å². The number of amides is 1. The monoisotopic (exact) mass is 381 g/mol. The van der Waals surface area contributed by atoms with Gasteiger partial charge >= 0.3 is 5.97 Å². The van der Waals surface area contributed by atoms with Crippen molar-refractivity contribution in [2.24, 2.45) is 5.92 Å². The highest BCUT2D eigenvalue weighted by molar-refractivity contribution is 6.08. The number of carbonyl (C=O) groups excluding carboxylic acids is 2. The molecule has 0 saturated carbocycles. The van der Waals surface area contributed by atoms with E-state index in [2.05, 4.69) is 0 Å². The van der Waals surface area contributed by atoms with Crippen molar-refractivity contribution < 1.29 is 24.2 Å². The summed E-state index contributed by atoms with van der Waals surface area (Å²) in [4.78, 5) is 37.6. The van der Waals surface area contributed by atoms with Crippen molar-refractivity contribution in [3.63, 3.8) is 0 Å². The minimum absolute atomic E-state index is 0.00225. The van der Waals surface area contributed by atoms with Gasteiger partial charge in [0.2, 0.25) is 0 Å². The topological polar surface area (TPSA) is 83.9 Å². The summed E-state index contributed by atoms with van der Waals surface area (Å²) in [6.07, 6.45) is 1.25. The second-order valence-electron chi connectivity index (χ2n) is 7.02. The van der Waals surface area contributed by atoms with Gasteiger partial charge in [-0.15, -0.1) is 0 Å². The Morgan fingerprint density at radius 1 is 1.00 bits per heavy atom. The van der Waals surface area contributed by atoms with E-state index in [1.807, 2.05) is 25.1 Å². The fourth-order valence-electron chi connectivity index (χ4n) is 3.34. The lowest BCUT2D eigenvalue weighted by Gasteiger charge is -2.36. The van der Waals surface area contributed by atoms with Gasteiger partial charge in [0.05, 0.1) is 5.92 Å². The Bertz CT molecular complexity index is 847. The number of piperidine rings is 1. The third-order valence-electron chi connectivity index (χ3n) is 5.07. The Morgan fingerprint density at radius 2 is 1.64 bits per heavy atom. The van der Waals surface area contributed by atoms with E-state index >= 15 is 0 Å². The lowest BCUT2D eigenvalue weighted by molar-refractivity contribution is -0.147. The molecule has 2 atom stereocenters. The van der Waals surface area contributed by atoms with Gasteiger partial charge in [-0.05, 0) is 44.0 Å². The molecule has 0 bridgehead atoms. The third-order valence-corrected chi connectivity index (χ3v) is 5.07. The molecule has 1 fully saturated rings. The van der Waals surface area contributed by atoms with E-state index < -0.39 is 11.9 Å². The number of carboxylic acid groups (broad SMARTS) is 1. The number of carboxylic acids is 1. The normalized spacial score (nSPS) is 19.1. The smallest absolute Gasteiger partial charge is 0.308 e. The van der Waals surface area contributed by atoms with Crippen LogP contribution in [0.3, 0.4) is 0 Å². The fourth-order valence-corrected chi connectivity index (χ4v) is 3.34. The van der Waals surface area contributed by atoms with Gasteiger partial charge in [0, 0.05) is 23.7 Å². The van der Waals surface area contributed by atoms with E-state index in [4.69, 9.17) is 4.74 Å². The summed E-state index contributed by atoms with van der Waals surface area (Å²) in [5, 5.41) is 9.19.